The quantitative estimate of drug-likeness (QED) is 0.347. The van der Waals surface area contributed by atoms with Gasteiger partial charge in [0.2, 0.25) is 0 Å². The van der Waals surface area contributed by atoms with Crippen molar-refractivity contribution in [3.05, 3.63) is 0 Å². The summed E-state index contributed by atoms with van der Waals surface area (Å²) in [6.07, 6.45) is 9.19. The van der Waals surface area contributed by atoms with E-state index < -0.39 is 22.8 Å². The van der Waals surface area contributed by atoms with E-state index in [1.165, 1.54) is 0 Å². The first-order chi connectivity index (χ1) is 14.2. The monoisotopic (exact) mass is 439 g/mol. The molecule has 0 aliphatic carbocycles. The lowest BCUT2D eigenvalue weighted by Crippen LogP contribution is -2.67. The van der Waals surface area contributed by atoms with E-state index in [1.807, 2.05) is 0 Å². The first kappa shape index (κ1) is 27.9. The largest absolute Gasteiger partial charge is 0.481 e. The van der Waals surface area contributed by atoms with Gasteiger partial charge in [0.15, 0.2) is 0 Å². The lowest BCUT2D eigenvalue weighted by Gasteiger charge is -2.55. The van der Waals surface area contributed by atoms with Crippen LogP contribution in [0.25, 0.3) is 0 Å². The molecule has 0 radical (unpaired) electrons. The number of hydrogen-bond acceptors (Lipinski definition) is 4. The molecule has 1 fully saturated rings. The van der Waals surface area contributed by atoms with Crippen molar-refractivity contribution in [1.82, 2.24) is 5.32 Å². The van der Waals surface area contributed by atoms with Crippen LogP contribution in [-0.2, 0) is 14.3 Å². The first-order valence-corrected chi connectivity index (χ1v) is 12.4. The Kier molecular flexibility index (Phi) is 9.62. The van der Waals surface area contributed by atoms with Gasteiger partial charge in [-0.25, -0.2) is 0 Å². The van der Waals surface area contributed by atoms with Gasteiger partial charge in [0.25, 0.3) is 0 Å². The number of esters is 1. The molecule has 0 saturated carbocycles. The summed E-state index contributed by atoms with van der Waals surface area (Å²) in [5.41, 5.74) is -2.54. The number of nitrogens with one attached hydrogen (secondary N) is 1. The Morgan fingerprint density at radius 1 is 0.968 bits per heavy atom. The highest BCUT2D eigenvalue weighted by atomic mass is 16.5. The molecule has 1 aliphatic rings. The molecule has 5 nitrogen and oxygen atoms in total. The van der Waals surface area contributed by atoms with Crippen molar-refractivity contribution in [3.63, 3.8) is 0 Å². The van der Waals surface area contributed by atoms with E-state index in [4.69, 9.17) is 4.74 Å². The summed E-state index contributed by atoms with van der Waals surface area (Å²) in [6, 6.07) is 0. The highest BCUT2D eigenvalue weighted by Gasteiger charge is 2.54. The lowest BCUT2D eigenvalue weighted by atomic mass is 9.66. The molecule has 1 heterocycles. The summed E-state index contributed by atoms with van der Waals surface area (Å²) in [7, 11) is 0. The van der Waals surface area contributed by atoms with Crippen molar-refractivity contribution < 1.29 is 19.4 Å². The normalized spacial score (nSPS) is 29.6. The van der Waals surface area contributed by atoms with E-state index in [2.05, 4.69) is 39.9 Å². The van der Waals surface area contributed by atoms with Crippen LogP contribution in [-0.4, -0.2) is 34.2 Å². The summed E-state index contributed by atoms with van der Waals surface area (Å²) in [5, 5.41) is 13.7. The minimum Gasteiger partial charge on any atom is -0.481 e. The van der Waals surface area contributed by atoms with Crippen molar-refractivity contribution in [3.8, 4) is 0 Å². The molecular weight excluding hydrogens is 390 g/mol. The smallest absolute Gasteiger partial charge is 0.312 e. The highest BCUT2D eigenvalue weighted by Crippen LogP contribution is 2.45. The van der Waals surface area contributed by atoms with E-state index in [1.54, 1.807) is 27.7 Å². The fourth-order valence-corrected chi connectivity index (χ4v) is 5.10. The molecule has 0 aromatic heterocycles. The average molecular weight is 440 g/mol. The Hall–Kier alpha value is -1.10. The van der Waals surface area contributed by atoms with E-state index in [-0.39, 0.29) is 23.1 Å². The molecule has 4 unspecified atom stereocenters. The minimum absolute atomic E-state index is 0.0971. The summed E-state index contributed by atoms with van der Waals surface area (Å²) in [6.45, 7) is 17.8. The van der Waals surface area contributed by atoms with Crippen LogP contribution in [0, 0.1) is 16.7 Å². The van der Waals surface area contributed by atoms with Gasteiger partial charge in [-0.15, -0.1) is 0 Å². The van der Waals surface area contributed by atoms with Gasteiger partial charge in [-0.2, -0.15) is 0 Å². The molecule has 1 rings (SSSR count). The van der Waals surface area contributed by atoms with Gasteiger partial charge in [-0.05, 0) is 60.8 Å². The van der Waals surface area contributed by atoms with Crippen LogP contribution in [0.4, 0.5) is 0 Å². The summed E-state index contributed by atoms with van der Waals surface area (Å²) < 4.78 is 6.27. The van der Waals surface area contributed by atoms with E-state index in [0.29, 0.717) is 0 Å². The minimum atomic E-state index is -1.21. The molecule has 5 heteroatoms. The molecular formula is C26H49NO4. The highest BCUT2D eigenvalue weighted by molar-refractivity contribution is 5.86. The van der Waals surface area contributed by atoms with Crippen molar-refractivity contribution in [2.45, 2.75) is 137 Å². The molecule has 1 aliphatic heterocycles. The SMILES string of the molecule is CCCCC1(C)CC(OC(=O)C(C)(C)C(C)(C)C(=O)O)C(CCC)C(C)(CCCC)N1. The van der Waals surface area contributed by atoms with Gasteiger partial charge in [-0.1, -0.05) is 52.9 Å². The van der Waals surface area contributed by atoms with Crippen LogP contribution in [0.1, 0.15) is 120 Å². The summed E-state index contributed by atoms with van der Waals surface area (Å²) in [5.74, 6) is -1.17. The molecule has 0 aromatic rings. The van der Waals surface area contributed by atoms with E-state index in [9.17, 15) is 14.7 Å². The molecule has 31 heavy (non-hydrogen) atoms. The molecule has 0 amide bonds. The topological polar surface area (TPSA) is 75.6 Å². The Balaban J connectivity index is 3.30. The van der Waals surface area contributed by atoms with Gasteiger partial charge in [0.1, 0.15) is 6.10 Å². The Labute approximate surface area is 191 Å². The number of carbonyl (C=O) groups excluding carboxylic acids is 1. The third-order valence-corrected chi connectivity index (χ3v) is 8.10. The van der Waals surface area contributed by atoms with Crippen molar-refractivity contribution in [1.29, 1.82) is 0 Å². The van der Waals surface area contributed by atoms with Crippen molar-refractivity contribution in [2.24, 2.45) is 16.7 Å². The maximum absolute atomic E-state index is 13.4. The van der Waals surface area contributed by atoms with Crippen LogP contribution in [0.15, 0.2) is 0 Å². The number of ether oxygens (including phenoxy) is 1. The zero-order chi connectivity index (χ0) is 24.1. The van der Waals surface area contributed by atoms with Crippen molar-refractivity contribution >= 4 is 11.9 Å². The van der Waals surface area contributed by atoms with Gasteiger partial charge in [0, 0.05) is 23.4 Å². The average Bonchev–Trinajstić information content (AvgIpc) is 2.67. The second kappa shape index (κ2) is 10.7. The van der Waals surface area contributed by atoms with Crippen LogP contribution in [0.3, 0.4) is 0 Å². The number of piperidine rings is 1. The number of aliphatic carboxylic acids is 1. The van der Waals surface area contributed by atoms with Gasteiger partial charge in [0.05, 0.1) is 10.8 Å². The van der Waals surface area contributed by atoms with Crippen LogP contribution in [0.2, 0.25) is 0 Å². The van der Waals surface area contributed by atoms with Gasteiger partial charge in [-0.3, -0.25) is 9.59 Å². The molecule has 2 N–H and O–H groups in total. The lowest BCUT2D eigenvalue weighted by molar-refractivity contribution is -0.183. The van der Waals surface area contributed by atoms with Crippen LogP contribution >= 0.6 is 0 Å². The molecule has 0 bridgehead atoms. The predicted molar refractivity (Wildman–Crippen MR) is 127 cm³/mol. The van der Waals surface area contributed by atoms with Crippen LogP contribution in [0.5, 0.6) is 0 Å². The molecule has 1 saturated heterocycles. The van der Waals surface area contributed by atoms with Crippen LogP contribution < -0.4 is 5.32 Å². The Bertz CT molecular complexity index is 615. The summed E-state index contributed by atoms with van der Waals surface area (Å²) in [4.78, 5) is 25.2. The second-order valence-corrected chi connectivity index (χ2v) is 11.4. The zero-order valence-electron chi connectivity index (χ0n) is 21.7. The van der Waals surface area contributed by atoms with Gasteiger partial charge < -0.3 is 15.2 Å². The Morgan fingerprint density at radius 2 is 1.52 bits per heavy atom. The number of carboxylic acids is 1. The third kappa shape index (κ3) is 6.24. The maximum Gasteiger partial charge on any atom is 0.312 e. The second-order valence-electron chi connectivity index (χ2n) is 11.4. The fourth-order valence-electron chi connectivity index (χ4n) is 5.10. The fraction of sp³-hybridized carbons (Fsp3) is 0.923. The Morgan fingerprint density at radius 3 is 2.00 bits per heavy atom. The number of carboxylic acid groups (broad SMARTS) is 1. The van der Waals surface area contributed by atoms with Crippen molar-refractivity contribution in [2.75, 3.05) is 0 Å². The molecule has 0 spiro atoms. The number of carbonyl (C=O) groups is 2. The summed E-state index contributed by atoms with van der Waals surface area (Å²) >= 11 is 0. The maximum atomic E-state index is 13.4. The van der Waals surface area contributed by atoms with E-state index in [0.717, 1.165) is 57.8 Å². The molecule has 182 valence electrons. The van der Waals surface area contributed by atoms with Gasteiger partial charge >= 0.3 is 11.9 Å². The zero-order valence-corrected chi connectivity index (χ0v) is 21.7. The number of hydrogen-bond donors (Lipinski definition) is 2. The third-order valence-electron chi connectivity index (χ3n) is 8.10. The van der Waals surface area contributed by atoms with E-state index >= 15 is 0 Å². The molecule has 4 atom stereocenters. The number of unbranched alkanes of at least 4 members (excludes halogenated alkanes) is 2. The predicted octanol–water partition coefficient (Wildman–Crippen LogP) is 6.34. The standard InChI is InChI=1S/C26H49NO4/c1-10-13-16-25(8)18-20(19(15-12-3)26(9,27-25)17-14-11-2)31-22(30)24(6,7)23(4,5)21(28)29/h19-20,27H,10-18H2,1-9H3,(H,28,29). The first-order valence-electron chi connectivity index (χ1n) is 12.4. The molecule has 0 aromatic carbocycles. The number of rotatable bonds is 12.